The third kappa shape index (κ3) is 3.84. The van der Waals surface area contributed by atoms with Crippen molar-refractivity contribution in [3.05, 3.63) is 29.6 Å². The Labute approximate surface area is 128 Å². The van der Waals surface area contributed by atoms with E-state index in [0.717, 1.165) is 16.6 Å². The number of nitrogens with one attached hydrogen (secondary N) is 1. The third-order valence-corrected chi connectivity index (χ3v) is 3.28. The molecule has 0 spiro atoms. The van der Waals surface area contributed by atoms with E-state index in [1.165, 1.54) is 0 Å². The van der Waals surface area contributed by atoms with E-state index in [1.807, 2.05) is 12.1 Å². The SMILES string of the molecule is CCOC(=O)CCc1[nH]c2ncccc2c1CC(=O)OCC. The molecule has 6 nitrogen and oxygen atoms in total. The molecule has 2 rings (SSSR count). The first kappa shape index (κ1) is 16.0. The Balaban J connectivity index is 2.23. The molecule has 0 amide bonds. The van der Waals surface area contributed by atoms with Crippen LogP contribution >= 0.6 is 0 Å². The van der Waals surface area contributed by atoms with Crippen molar-refractivity contribution in [2.75, 3.05) is 13.2 Å². The summed E-state index contributed by atoms with van der Waals surface area (Å²) in [5.74, 6) is -0.541. The molecule has 0 aromatic carbocycles. The van der Waals surface area contributed by atoms with E-state index in [0.29, 0.717) is 25.3 Å². The van der Waals surface area contributed by atoms with Crippen molar-refractivity contribution in [3.63, 3.8) is 0 Å². The highest BCUT2D eigenvalue weighted by molar-refractivity contribution is 5.86. The smallest absolute Gasteiger partial charge is 0.310 e. The van der Waals surface area contributed by atoms with Gasteiger partial charge >= 0.3 is 11.9 Å². The van der Waals surface area contributed by atoms with Crippen LogP contribution in [0.25, 0.3) is 11.0 Å². The largest absolute Gasteiger partial charge is 0.466 e. The standard InChI is InChI=1S/C16H20N2O4/c1-3-21-14(19)8-7-13-12(10-15(20)22-4-2)11-6-5-9-17-16(11)18-13/h5-6,9H,3-4,7-8,10H2,1-2H3,(H,17,18). The zero-order valence-electron chi connectivity index (χ0n) is 12.8. The summed E-state index contributed by atoms with van der Waals surface area (Å²) in [6.07, 6.45) is 2.58. The molecule has 1 N–H and O–H groups in total. The highest BCUT2D eigenvalue weighted by Gasteiger charge is 2.17. The van der Waals surface area contributed by atoms with Crippen LogP contribution < -0.4 is 0 Å². The Kier molecular flexibility index (Phi) is 5.52. The van der Waals surface area contributed by atoms with Crippen LogP contribution in [0.1, 0.15) is 31.5 Å². The molecular weight excluding hydrogens is 284 g/mol. The monoisotopic (exact) mass is 304 g/mol. The number of nitrogens with zero attached hydrogens (tertiary/aromatic N) is 1. The molecule has 0 saturated carbocycles. The topological polar surface area (TPSA) is 81.3 Å². The predicted octanol–water partition coefficient (Wildman–Crippen LogP) is 2.16. The number of hydrogen-bond donors (Lipinski definition) is 1. The number of rotatable bonds is 7. The van der Waals surface area contributed by atoms with Crippen LogP contribution in [0.15, 0.2) is 18.3 Å². The van der Waals surface area contributed by atoms with E-state index in [4.69, 9.17) is 9.47 Å². The van der Waals surface area contributed by atoms with Crippen molar-refractivity contribution < 1.29 is 19.1 Å². The zero-order chi connectivity index (χ0) is 15.9. The third-order valence-electron chi connectivity index (χ3n) is 3.28. The maximum atomic E-state index is 11.8. The summed E-state index contributed by atoms with van der Waals surface area (Å²) in [5, 5.41) is 0.884. The van der Waals surface area contributed by atoms with Gasteiger partial charge in [-0.05, 0) is 38.0 Å². The van der Waals surface area contributed by atoms with Gasteiger partial charge in [-0.2, -0.15) is 0 Å². The van der Waals surface area contributed by atoms with Gasteiger partial charge in [-0.1, -0.05) is 0 Å². The Morgan fingerprint density at radius 2 is 1.91 bits per heavy atom. The van der Waals surface area contributed by atoms with Crippen molar-refractivity contribution in [2.45, 2.75) is 33.1 Å². The second-order valence-corrected chi connectivity index (χ2v) is 4.77. The molecule has 22 heavy (non-hydrogen) atoms. The second kappa shape index (κ2) is 7.59. The summed E-state index contributed by atoms with van der Waals surface area (Å²) in [6, 6.07) is 3.72. The minimum Gasteiger partial charge on any atom is -0.466 e. The highest BCUT2D eigenvalue weighted by atomic mass is 16.5. The van der Waals surface area contributed by atoms with E-state index in [2.05, 4.69) is 9.97 Å². The van der Waals surface area contributed by atoms with Crippen molar-refractivity contribution in [1.82, 2.24) is 9.97 Å². The molecule has 0 unspecified atom stereocenters. The molecule has 6 heteroatoms. The first-order valence-corrected chi connectivity index (χ1v) is 7.41. The molecule has 118 valence electrons. The van der Waals surface area contributed by atoms with Gasteiger partial charge in [-0.15, -0.1) is 0 Å². The van der Waals surface area contributed by atoms with Gasteiger partial charge in [0.25, 0.3) is 0 Å². The number of ether oxygens (including phenoxy) is 2. The molecule has 2 aromatic rings. The number of esters is 2. The van der Waals surface area contributed by atoms with Gasteiger partial charge in [-0.25, -0.2) is 4.98 Å². The maximum absolute atomic E-state index is 11.8. The molecule has 0 bridgehead atoms. The average molecular weight is 304 g/mol. The number of hydrogen-bond acceptors (Lipinski definition) is 5. The lowest BCUT2D eigenvalue weighted by atomic mass is 10.1. The molecule has 0 aliphatic heterocycles. The molecule has 0 fully saturated rings. The van der Waals surface area contributed by atoms with Gasteiger partial charge in [0.1, 0.15) is 5.65 Å². The molecule has 2 heterocycles. The fourth-order valence-electron chi connectivity index (χ4n) is 2.36. The van der Waals surface area contributed by atoms with Crippen LogP contribution in [0, 0.1) is 0 Å². The lowest BCUT2D eigenvalue weighted by Crippen LogP contribution is -2.10. The molecule has 2 aromatic heterocycles. The second-order valence-electron chi connectivity index (χ2n) is 4.77. The predicted molar refractivity (Wildman–Crippen MR) is 81.4 cm³/mol. The summed E-state index contributed by atoms with van der Waals surface area (Å²) in [6.45, 7) is 4.26. The first-order chi connectivity index (χ1) is 10.7. The summed E-state index contributed by atoms with van der Waals surface area (Å²) >= 11 is 0. The van der Waals surface area contributed by atoms with Crippen molar-refractivity contribution in [2.24, 2.45) is 0 Å². The van der Waals surface area contributed by atoms with E-state index in [1.54, 1.807) is 20.0 Å². The number of H-pyrrole nitrogens is 1. The highest BCUT2D eigenvalue weighted by Crippen LogP contribution is 2.23. The number of pyridine rings is 1. The van der Waals surface area contributed by atoms with Crippen LogP contribution in [0.5, 0.6) is 0 Å². The zero-order valence-corrected chi connectivity index (χ0v) is 12.8. The minimum atomic E-state index is -0.287. The lowest BCUT2D eigenvalue weighted by molar-refractivity contribution is -0.143. The van der Waals surface area contributed by atoms with Crippen molar-refractivity contribution in [1.29, 1.82) is 0 Å². The summed E-state index contributed by atoms with van der Waals surface area (Å²) in [5.41, 5.74) is 2.38. The summed E-state index contributed by atoms with van der Waals surface area (Å²) < 4.78 is 9.96. The number of aromatic nitrogens is 2. The first-order valence-electron chi connectivity index (χ1n) is 7.41. The van der Waals surface area contributed by atoms with Gasteiger partial charge in [0.15, 0.2) is 0 Å². The average Bonchev–Trinajstić information content (AvgIpc) is 2.84. The fourth-order valence-corrected chi connectivity index (χ4v) is 2.36. The van der Waals surface area contributed by atoms with Gasteiger partial charge < -0.3 is 14.5 Å². The lowest BCUT2D eigenvalue weighted by Gasteiger charge is -2.05. The number of carbonyl (C=O) groups excluding carboxylic acids is 2. The Morgan fingerprint density at radius 1 is 1.18 bits per heavy atom. The van der Waals surface area contributed by atoms with E-state index < -0.39 is 0 Å². The number of aromatic amines is 1. The fraction of sp³-hybridized carbons (Fsp3) is 0.438. The Bertz CT molecular complexity index is 663. The van der Waals surface area contributed by atoms with Crippen LogP contribution in [0.3, 0.4) is 0 Å². The number of carbonyl (C=O) groups is 2. The van der Waals surface area contributed by atoms with Crippen LogP contribution in [-0.4, -0.2) is 35.1 Å². The maximum Gasteiger partial charge on any atom is 0.310 e. The molecule has 0 atom stereocenters. The molecular formula is C16H20N2O4. The van der Waals surface area contributed by atoms with E-state index in [9.17, 15) is 9.59 Å². The van der Waals surface area contributed by atoms with Gasteiger partial charge in [-0.3, -0.25) is 9.59 Å². The Morgan fingerprint density at radius 3 is 2.64 bits per heavy atom. The molecule has 0 aliphatic carbocycles. The minimum absolute atomic E-state index is 0.164. The normalized spacial score (nSPS) is 10.6. The quantitative estimate of drug-likeness (QED) is 0.793. The molecule has 0 aliphatic rings. The van der Waals surface area contributed by atoms with E-state index >= 15 is 0 Å². The van der Waals surface area contributed by atoms with Gasteiger partial charge in [0.2, 0.25) is 0 Å². The number of aryl methyl sites for hydroxylation is 1. The van der Waals surface area contributed by atoms with Crippen molar-refractivity contribution >= 4 is 23.0 Å². The number of fused-ring (bicyclic) bond motifs is 1. The van der Waals surface area contributed by atoms with Gasteiger partial charge in [0, 0.05) is 17.3 Å². The molecule has 0 saturated heterocycles. The van der Waals surface area contributed by atoms with E-state index in [-0.39, 0.29) is 24.8 Å². The van der Waals surface area contributed by atoms with Crippen LogP contribution in [0.2, 0.25) is 0 Å². The van der Waals surface area contributed by atoms with Crippen LogP contribution in [-0.2, 0) is 31.9 Å². The van der Waals surface area contributed by atoms with Gasteiger partial charge in [0.05, 0.1) is 26.1 Å². The molecule has 0 radical (unpaired) electrons. The Hall–Kier alpha value is -2.37. The summed E-state index contributed by atoms with van der Waals surface area (Å²) in [7, 11) is 0. The van der Waals surface area contributed by atoms with Crippen molar-refractivity contribution in [3.8, 4) is 0 Å². The van der Waals surface area contributed by atoms with Crippen LogP contribution in [0.4, 0.5) is 0 Å². The summed E-state index contributed by atoms with van der Waals surface area (Å²) in [4.78, 5) is 30.8.